The molecule has 0 spiro atoms. The summed E-state index contributed by atoms with van der Waals surface area (Å²) in [6, 6.07) is 15.6. The molecule has 0 aliphatic heterocycles. The van der Waals surface area contributed by atoms with E-state index in [4.69, 9.17) is 0 Å². The van der Waals surface area contributed by atoms with Crippen LogP contribution < -0.4 is 5.32 Å². The maximum atomic E-state index is 13.5. The maximum absolute atomic E-state index is 13.5. The molecule has 0 aliphatic carbocycles. The highest BCUT2D eigenvalue weighted by atomic mass is 19.1. The quantitative estimate of drug-likeness (QED) is 0.757. The molecule has 0 radical (unpaired) electrons. The van der Waals surface area contributed by atoms with Gasteiger partial charge >= 0.3 is 0 Å². The van der Waals surface area contributed by atoms with Gasteiger partial charge in [0.05, 0.1) is 5.69 Å². The second-order valence-corrected chi connectivity index (χ2v) is 4.58. The van der Waals surface area contributed by atoms with E-state index in [2.05, 4.69) is 5.32 Å². The minimum Gasteiger partial charge on any atom is -0.340 e. The Morgan fingerprint density at radius 2 is 1.80 bits per heavy atom. The summed E-state index contributed by atoms with van der Waals surface area (Å²) < 4.78 is 15.3. The minimum atomic E-state index is -0.445. The predicted molar refractivity (Wildman–Crippen MR) is 77.3 cm³/mol. The topological polar surface area (TPSA) is 34.0 Å². The third kappa shape index (κ3) is 2.05. The molecule has 1 heterocycles. The highest BCUT2D eigenvalue weighted by Crippen LogP contribution is 2.20. The van der Waals surface area contributed by atoms with Gasteiger partial charge in [0.15, 0.2) is 0 Å². The van der Waals surface area contributed by atoms with Crippen molar-refractivity contribution in [3.63, 3.8) is 0 Å². The van der Waals surface area contributed by atoms with Crippen LogP contribution in [0.1, 0.15) is 10.5 Å². The molecule has 20 heavy (non-hydrogen) atoms. The number of hydrogen-bond acceptors (Lipinski definition) is 1. The molecule has 3 rings (SSSR count). The van der Waals surface area contributed by atoms with Crippen molar-refractivity contribution in [2.45, 2.75) is 0 Å². The number of aryl methyl sites for hydroxylation is 1. The standard InChI is InChI=1S/C16H13FN2O/c1-19-14-9-5-2-6-11(14)10-15(19)16(20)18-13-8-4-3-7-12(13)17/h2-10H,1H3,(H,18,20). The number of anilines is 1. The third-order valence-electron chi connectivity index (χ3n) is 3.31. The molecule has 4 heteroatoms. The van der Waals surface area contributed by atoms with Gasteiger partial charge in [-0.3, -0.25) is 4.79 Å². The van der Waals surface area contributed by atoms with Crippen LogP contribution in [0.2, 0.25) is 0 Å². The Labute approximate surface area is 115 Å². The molecule has 100 valence electrons. The fourth-order valence-electron chi connectivity index (χ4n) is 2.26. The van der Waals surface area contributed by atoms with Crippen molar-refractivity contribution in [1.29, 1.82) is 0 Å². The van der Waals surface area contributed by atoms with E-state index in [0.29, 0.717) is 5.69 Å². The van der Waals surface area contributed by atoms with Crippen LogP contribution in [0.25, 0.3) is 10.9 Å². The fraction of sp³-hybridized carbons (Fsp3) is 0.0625. The Hall–Kier alpha value is -2.62. The Bertz CT molecular complexity index is 792. The lowest BCUT2D eigenvalue weighted by Crippen LogP contribution is -2.16. The lowest BCUT2D eigenvalue weighted by molar-refractivity contribution is 0.101. The fourth-order valence-corrected chi connectivity index (χ4v) is 2.26. The first-order valence-electron chi connectivity index (χ1n) is 6.27. The first-order valence-corrected chi connectivity index (χ1v) is 6.27. The molecule has 0 bridgehead atoms. The zero-order valence-corrected chi connectivity index (χ0v) is 10.9. The van der Waals surface area contributed by atoms with Crippen molar-refractivity contribution >= 4 is 22.5 Å². The summed E-state index contributed by atoms with van der Waals surface area (Å²) in [5.74, 6) is -0.770. The van der Waals surface area contributed by atoms with Gasteiger partial charge in [0, 0.05) is 18.0 Å². The molecule has 0 atom stereocenters. The summed E-state index contributed by atoms with van der Waals surface area (Å²) in [5, 5.41) is 3.57. The number of carbonyl (C=O) groups is 1. The lowest BCUT2D eigenvalue weighted by atomic mass is 10.2. The van der Waals surface area contributed by atoms with Crippen molar-refractivity contribution in [2.75, 3.05) is 5.32 Å². The van der Waals surface area contributed by atoms with Gasteiger partial charge in [-0.25, -0.2) is 4.39 Å². The Morgan fingerprint density at radius 3 is 2.55 bits per heavy atom. The molecule has 0 unspecified atom stereocenters. The van der Waals surface area contributed by atoms with E-state index in [-0.39, 0.29) is 11.6 Å². The number of benzene rings is 2. The van der Waals surface area contributed by atoms with Crippen LogP contribution in [-0.4, -0.2) is 10.5 Å². The number of nitrogens with one attached hydrogen (secondary N) is 1. The summed E-state index contributed by atoms with van der Waals surface area (Å²) in [4.78, 5) is 12.3. The third-order valence-corrected chi connectivity index (χ3v) is 3.31. The number of aromatic nitrogens is 1. The molecule has 3 nitrogen and oxygen atoms in total. The van der Waals surface area contributed by atoms with Crippen molar-refractivity contribution in [3.05, 3.63) is 66.1 Å². The van der Waals surface area contributed by atoms with Crippen LogP contribution in [0.3, 0.4) is 0 Å². The normalized spacial score (nSPS) is 10.7. The molecular formula is C16H13FN2O. The molecule has 0 aliphatic rings. The number of rotatable bonds is 2. The van der Waals surface area contributed by atoms with Gasteiger partial charge in [0.25, 0.3) is 5.91 Å². The zero-order chi connectivity index (χ0) is 14.1. The SMILES string of the molecule is Cn1c(C(=O)Nc2ccccc2F)cc2ccccc21. The second-order valence-electron chi connectivity index (χ2n) is 4.58. The second kappa shape index (κ2) is 4.81. The Kier molecular flexibility index (Phi) is 2.99. The largest absolute Gasteiger partial charge is 0.340 e. The van der Waals surface area contributed by atoms with Gasteiger partial charge in [-0.15, -0.1) is 0 Å². The summed E-state index contributed by atoms with van der Waals surface area (Å²) in [6.07, 6.45) is 0. The van der Waals surface area contributed by atoms with Gasteiger partial charge in [-0.2, -0.15) is 0 Å². The molecule has 3 aromatic rings. The van der Waals surface area contributed by atoms with E-state index in [1.165, 1.54) is 12.1 Å². The molecule has 2 aromatic carbocycles. The van der Waals surface area contributed by atoms with E-state index in [1.54, 1.807) is 22.8 Å². The van der Waals surface area contributed by atoms with E-state index >= 15 is 0 Å². The Balaban J connectivity index is 1.97. The molecule has 1 N–H and O–H groups in total. The van der Waals surface area contributed by atoms with E-state index in [9.17, 15) is 9.18 Å². The van der Waals surface area contributed by atoms with Crippen molar-refractivity contribution in [3.8, 4) is 0 Å². The molecule has 0 saturated carbocycles. The van der Waals surface area contributed by atoms with Crippen LogP contribution >= 0.6 is 0 Å². The molecule has 0 saturated heterocycles. The van der Waals surface area contributed by atoms with Crippen LogP contribution in [0.4, 0.5) is 10.1 Å². The highest BCUT2D eigenvalue weighted by Gasteiger charge is 2.14. The summed E-state index contributed by atoms with van der Waals surface area (Å²) >= 11 is 0. The van der Waals surface area contributed by atoms with E-state index < -0.39 is 5.82 Å². The molecule has 1 amide bonds. The molecule has 1 aromatic heterocycles. The van der Waals surface area contributed by atoms with Crippen LogP contribution in [0.15, 0.2) is 54.6 Å². The van der Waals surface area contributed by atoms with Crippen LogP contribution in [-0.2, 0) is 7.05 Å². The summed E-state index contributed by atoms with van der Waals surface area (Å²) in [6.45, 7) is 0. The monoisotopic (exact) mass is 268 g/mol. The average molecular weight is 268 g/mol. The maximum Gasteiger partial charge on any atom is 0.272 e. The summed E-state index contributed by atoms with van der Waals surface area (Å²) in [5.41, 5.74) is 1.64. The zero-order valence-electron chi connectivity index (χ0n) is 10.9. The van der Waals surface area contributed by atoms with Gasteiger partial charge in [0.1, 0.15) is 11.5 Å². The predicted octanol–water partition coefficient (Wildman–Crippen LogP) is 3.57. The smallest absolute Gasteiger partial charge is 0.272 e. The number of carbonyl (C=O) groups excluding carboxylic acids is 1. The summed E-state index contributed by atoms with van der Waals surface area (Å²) in [7, 11) is 1.82. The van der Waals surface area contributed by atoms with E-state index in [1.807, 2.05) is 31.3 Å². The number of nitrogens with zero attached hydrogens (tertiary/aromatic N) is 1. The average Bonchev–Trinajstić information content (AvgIpc) is 2.79. The number of amides is 1. The highest BCUT2D eigenvalue weighted by molar-refractivity contribution is 6.06. The Morgan fingerprint density at radius 1 is 1.10 bits per heavy atom. The van der Waals surface area contributed by atoms with Gasteiger partial charge < -0.3 is 9.88 Å². The number of hydrogen-bond donors (Lipinski definition) is 1. The minimum absolute atomic E-state index is 0.183. The van der Waals surface area contributed by atoms with Gasteiger partial charge in [-0.1, -0.05) is 30.3 Å². The first-order chi connectivity index (χ1) is 9.66. The first kappa shape index (κ1) is 12.4. The molecular weight excluding hydrogens is 255 g/mol. The number of halogens is 1. The van der Waals surface area contributed by atoms with Crippen molar-refractivity contribution < 1.29 is 9.18 Å². The van der Waals surface area contributed by atoms with E-state index in [0.717, 1.165) is 10.9 Å². The number of fused-ring (bicyclic) bond motifs is 1. The van der Waals surface area contributed by atoms with Crippen LogP contribution in [0, 0.1) is 5.82 Å². The van der Waals surface area contributed by atoms with Crippen molar-refractivity contribution in [2.24, 2.45) is 7.05 Å². The van der Waals surface area contributed by atoms with Gasteiger partial charge in [0.2, 0.25) is 0 Å². The molecule has 0 fully saturated rings. The van der Waals surface area contributed by atoms with Gasteiger partial charge in [-0.05, 0) is 24.3 Å². The van der Waals surface area contributed by atoms with Crippen molar-refractivity contribution in [1.82, 2.24) is 4.57 Å². The lowest BCUT2D eigenvalue weighted by Gasteiger charge is -2.07. The van der Waals surface area contributed by atoms with Crippen LogP contribution in [0.5, 0.6) is 0 Å². The number of para-hydroxylation sites is 2.